The molecule has 1 N–H and O–H groups in total. The molecule has 7 heteroatoms. The summed E-state index contributed by atoms with van der Waals surface area (Å²) in [6.07, 6.45) is 0.548. The molecular weight excluding hydrogens is 374 g/mol. The summed E-state index contributed by atoms with van der Waals surface area (Å²) in [5.74, 6) is 0.00851. The molecule has 0 heterocycles. The zero-order valence-corrected chi connectivity index (χ0v) is 17.3. The van der Waals surface area contributed by atoms with Gasteiger partial charge in [0.1, 0.15) is 11.5 Å². The van der Waals surface area contributed by atoms with E-state index in [1.165, 1.54) is 25.3 Å². The summed E-state index contributed by atoms with van der Waals surface area (Å²) in [5.41, 5.74) is 1.47. The highest BCUT2D eigenvalue weighted by Gasteiger charge is 2.23. The number of rotatable bonds is 9. The lowest BCUT2D eigenvalue weighted by Crippen LogP contribution is -2.14. The molecule has 156 valence electrons. The second-order valence-electron chi connectivity index (χ2n) is 7.67. The molecule has 0 aliphatic heterocycles. The Morgan fingerprint density at radius 1 is 1.10 bits per heavy atom. The van der Waals surface area contributed by atoms with Gasteiger partial charge in [-0.2, -0.15) is 0 Å². The molecule has 0 fully saturated rings. The summed E-state index contributed by atoms with van der Waals surface area (Å²) in [5, 5.41) is 20.7. The van der Waals surface area contributed by atoms with Crippen molar-refractivity contribution in [2.24, 2.45) is 5.92 Å². The van der Waals surface area contributed by atoms with Crippen LogP contribution in [0.4, 0.5) is 5.69 Å². The number of ether oxygens (including phenoxy) is 2. The van der Waals surface area contributed by atoms with Crippen LogP contribution in [0.5, 0.6) is 17.2 Å². The van der Waals surface area contributed by atoms with E-state index in [0.717, 1.165) is 11.1 Å². The summed E-state index contributed by atoms with van der Waals surface area (Å²) in [6, 6.07) is 9.72. The summed E-state index contributed by atoms with van der Waals surface area (Å²) in [4.78, 5) is 22.3. The molecule has 0 spiro atoms. The lowest BCUT2D eigenvalue weighted by molar-refractivity contribution is -0.385. The number of hydrogen-bond acceptors (Lipinski definition) is 5. The number of nitro groups is 1. The molecule has 0 saturated heterocycles. The van der Waals surface area contributed by atoms with Crippen molar-refractivity contribution in [1.82, 2.24) is 0 Å². The van der Waals surface area contributed by atoms with Gasteiger partial charge in [0.2, 0.25) is 5.75 Å². The fourth-order valence-electron chi connectivity index (χ4n) is 3.18. The Bertz CT molecular complexity index is 891. The van der Waals surface area contributed by atoms with Crippen LogP contribution < -0.4 is 9.47 Å². The molecule has 1 atom stereocenters. The molecule has 1 unspecified atom stereocenters. The Kier molecular flexibility index (Phi) is 7.20. The highest BCUT2D eigenvalue weighted by Crippen LogP contribution is 2.37. The van der Waals surface area contributed by atoms with Crippen LogP contribution in [0.3, 0.4) is 0 Å². The molecule has 0 saturated carbocycles. The molecule has 0 amide bonds. The quantitative estimate of drug-likeness (QED) is 0.425. The highest BCUT2D eigenvalue weighted by atomic mass is 16.6. The largest absolute Gasteiger partial charge is 0.490 e. The van der Waals surface area contributed by atoms with Crippen LogP contribution in [0.1, 0.15) is 57.1 Å². The number of aliphatic carboxylic acids is 1. The standard InChI is InChI=1S/C22H27NO6/c1-13(2)10-18(22(24)25)15-6-9-20(17(11-15)14(3)4)29-16-7-8-19(23(26)27)21(12-16)28-5/h6-9,11-14,18H,10H2,1-5H3,(H,24,25). The fraction of sp³-hybridized carbons (Fsp3) is 0.409. The first-order chi connectivity index (χ1) is 13.6. The van der Waals surface area contributed by atoms with Gasteiger partial charge in [-0.25, -0.2) is 0 Å². The van der Waals surface area contributed by atoms with E-state index in [2.05, 4.69) is 0 Å². The SMILES string of the molecule is COc1cc(Oc2ccc(C(CC(C)C)C(=O)O)cc2C(C)C)ccc1[N+](=O)[O-]. The maximum absolute atomic E-state index is 11.7. The van der Waals surface area contributed by atoms with Crippen LogP contribution in [-0.2, 0) is 4.79 Å². The van der Waals surface area contributed by atoms with Crippen molar-refractivity contribution in [3.8, 4) is 17.2 Å². The summed E-state index contributed by atoms with van der Waals surface area (Å²) >= 11 is 0. The monoisotopic (exact) mass is 401 g/mol. The Balaban J connectivity index is 2.41. The first kappa shape index (κ1) is 22.2. The molecule has 7 nitrogen and oxygen atoms in total. The topological polar surface area (TPSA) is 98.9 Å². The van der Waals surface area contributed by atoms with Gasteiger partial charge < -0.3 is 14.6 Å². The maximum Gasteiger partial charge on any atom is 0.311 e. The molecule has 0 bridgehead atoms. The lowest BCUT2D eigenvalue weighted by Gasteiger charge is -2.20. The van der Waals surface area contributed by atoms with Gasteiger partial charge in [-0.05, 0) is 41.5 Å². The Morgan fingerprint density at radius 2 is 1.79 bits per heavy atom. The van der Waals surface area contributed by atoms with E-state index in [0.29, 0.717) is 17.9 Å². The van der Waals surface area contributed by atoms with Gasteiger partial charge in [0.25, 0.3) is 0 Å². The van der Waals surface area contributed by atoms with Gasteiger partial charge in [0.05, 0.1) is 18.0 Å². The van der Waals surface area contributed by atoms with Crippen LogP contribution in [0.2, 0.25) is 0 Å². The number of carboxylic acids is 1. The van der Waals surface area contributed by atoms with Crippen molar-refractivity contribution < 1.29 is 24.3 Å². The summed E-state index contributed by atoms with van der Waals surface area (Å²) in [7, 11) is 1.36. The number of nitrogens with zero attached hydrogens (tertiary/aromatic N) is 1. The van der Waals surface area contributed by atoms with E-state index >= 15 is 0 Å². The van der Waals surface area contributed by atoms with Crippen LogP contribution >= 0.6 is 0 Å². The van der Waals surface area contributed by atoms with Crippen LogP contribution in [0.25, 0.3) is 0 Å². The summed E-state index contributed by atoms with van der Waals surface area (Å²) in [6.45, 7) is 8.00. The van der Waals surface area contributed by atoms with Crippen molar-refractivity contribution in [3.63, 3.8) is 0 Å². The van der Waals surface area contributed by atoms with Crippen molar-refractivity contribution >= 4 is 11.7 Å². The number of carboxylic acid groups (broad SMARTS) is 1. The molecular formula is C22H27NO6. The second kappa shape index (κ2) is 9.41. The zero-order chi connectivity index (χ0) is 21.7. The third-order valence-corrected chi connectivity index (χ3v) is 4.64. The molecule has 29 heavy (non-hydrogen) atoms. The number of carbonyl (C=O) groups is 1. The van der Waals surface area contributed by atoms with Crippen LogP contribution in [0, 0.1) is 16.0 Å². The van der Waals surface area contributed by atoms with E-state index < -0.39 is 16.8 Å². The smallest absolute Gasteiger partial charge is 0.311 e. The average Bonchev–Trinajstić information content (AvgIpc) is 2.65. The fourth-order valence-corrected chi connectivity index (χ4v) is 3.18. The van der Waals surface area contributed by atoms with Gasteiger partial charge >= 0.3 is 11.7 Å². The van der Waals surface area contributed by atoms with E-state index in [1.807, 2.05) is 33.8 Å². The van der Waals surface area contributed by atoms with E-state index in [4.69, 9.17) is 9.47 Å². The first-order valence-electron chi connectivity index (χ1n) is 9.51. The average molecular weight is 401 g/mol. The predicted molar refractivity (Wildman–Crippen MR) is 110 cm³/mol. The van der Waals surface area contributed by atoms with E-state index in [9.17, 15) is 20.0 Å². The van der Waals surface area contributed by atoms with Crippen molar-refractivity contribution in [1.29, 1.82) is 0 Å². The number of benzene rings is 2. The van der Waals surface area contributed by atoms with Crippen molar-refractivity contribution in [2.45, 2.75) is 46.0 Å². The van der Waals surface area contributed by atoms with Gasteiger partial charge in [-0.1, -0.05) is 39.8 Å². The van der Waals surface area contributed by atoms with Crippen LogP contribution in [0.15, 0.2) is 36.4 Å². The van der Waals surface area contributed by atoms with Gasteiger partial charge in [-0.3, -0.25) is 14.9 Å². The van der Waals surface area contributed by atoms with Crippen LogP contribution in [-0.4, -0.2) is 23.1 Å². The third-order valence-electron chi connectivity index (χ3n) is 4.64. The maximum atomic E-state index is 11.7. The molecule has 0 aliphatic carbocycles. The molecule has 2 aromatic carbocycles. The molecule has 0 aromatic heterocycles. The Morgan fingerprint density at radius 3 is 2.31 bits per heavy atom. The van der Waals surface area contributed by atoms with Gasteiger partial charge in [-0.15, -0.1) is 0 Å². The van der Waals surface area contributed by atoms with Crippen molar-refractivity contribution in [2.75, 3.05) is 7.11 Å². The minimum Gasteiger partial charge on any atom is -0.490 e. The molecule has 0 radical (unpaired) electrons. The minimum absolute atomic E-state index is 0.0957. The van der Waals surface area contributed by atoms with Gasteiger partial charge in [0.15, 0.2) is 0 Å². The Labute approximate surface area is 170 Å². The van der Waals surface area contributed by atoms with E-state index in [-0.39, 0.29) is 23.3 Å². The normalized spacial score (nSPS) is 12.1. The highest BCUT2D eigenvalue weighted by molar-refractivity contribution is 5.76. The third kappa shape index (κ3) is 5.47. The predicted octanol–water partition coefficient (Wildman–Crippen LogP) is 5.73. The zero-order valence-electron chi connectivity index (χ0n) is 17.3. The van der Waals surface area contributed by atoms with Crippen molar-refractivity contribution in [3.05, 3.63) is 57.6 Å². The second-order valence-corrected chi connectivity index (χ2v) is 7.67. The number of nitro benzene ring substituents is 1. The lowest BCUT2D eigenvalue weighted by atomic mass is 9.88. The number of methoxy groups -OCH3 is 1. The van der Waals surface area contributed by atoms with Gasteiger partial charge in [0, 0.05) is 12.1 Å². The molecule has 0 aliphatic rings. The Hall–Kier alpha value is -3.09. The molecule has 2 aromatic rings. The minimum atomic E-state index is -0.845. The van der Waals surface area contributed by atoms with E-state index in [1.54, 1.807) is 12.1 Å². The summed E-state index contributed by atoms with van der Waals surface area (Å²) < 4.78 is 11.1. The number of hydrogen-bond donors (Lipinski definition) is 1. The first-order valence-corrected chi connectivity index (χ1v) is 9.51. The molecule has 2 rings (SSSR count).